The zero-order valence-corrected chi connectivity index (χ0v) is 9.37. The molecule has 1 heterocycles. The number of imidazole rings is 1. The monoisotopic (exact) mass is 228 g/mol. The first kappa shape index (κ1) is 11.1. The highest BCUT2D eigenvalue weighted by atomic mass is 16.4. The molecule has 1 aromatic heterocycles. The molecule has 0 fully saturated rings. The Kier molecular flexibility index (Phi) is 3.05. The molecule has 17 heavy (non-hydrogen) atoms. The standard InChI is InChI=1S/C13H12N2O2/c1-15-9-14-8-11(15)7-12(13(16)17)10-5-3-2-4-6-10/h2-9H,1H3,(H,16,17). The molecule has 0 aliphatic heterocycles. The van der Waals surface area contributed by atoms with E-state index in [-0.39, 0.29) is 5.57 Å². The van der Waals surface area contributed by atoms with Gasteiger partial charge >= 0.3 is 5.97 Å². The van der Waals surface area contributed by atoms with Gasteiger partial charge in [0, 0.05) is 7.05 Å². The lowest BCUT2D eigenvalue weighted by molar-refractivity contribution is -0.130. The van der Waals surface area contributed by atoms with Gasteiger partial charge in [-0.05, 0) is 11.6 Å². The maximum atomic E-state index is 11.2. The first-order chi connectivity index (χ1) is 8.18. The van der Waals surface area contributed by atoms with E-state index < -0.39 is 5.97 Å². The summed E-state index contributed by atoms with van der Waals surface area (Å²) in [7, 11) is 1.82. The van der Waals surface area contributed by atoms with Crippen LogP contribution < -0.4 is 0 Å². The lowest BCUT2D eigenvalue weighted by Gasteiger charge is -2.03. The Balaban J connectivity index is 2.47. The van der Waals surface area contributed by atoms with Gasteiger partial charge in [-0.2, -0.15) is 0 Å². The number of aryl methyl sites for hydroxylation is 1. The van der Waals surface area contributed by atoms with Crippen LogP contribution in [0.1, 0.15) is 11.3 Å². The molecule has 0 unspecified atom stereocenters. The summed E-state index contributed by atoms with van der Waals surface area (Å²) >= 11 is 0. The third kappa shape index (κ3) is 2.42. The van der Waals surface area contributed by atoms with Crippen LogP contribution in [0.2, 0.25) is 0 Å². The van der Waals surface area contributed by atoms with Crippen LogP contribution >= 0.6 is 0 Å². The Morgan fingerprint density at radius 3 is 2.59 bits per heavy atom. The van der Waals surface area contributed by atoms with Gasteiger partial charge in [-0.25, -0.2) is 9.78 Å². The van der Waals surface area contributed by atoms with Crippen LogP contribution in [0.5, 0.6) is 0 Å². The number of benzene rings is 1. The van der Waals surface area contributed by atoms with E-state index in [4.69, 9.17) is 0 Å². The van der Waals surface area contributed by atoms with Crippen LogP contribution in [0, 0.1) is 0 Å². The largest absolute Gasteiger partial charge is 0.478 e. The fraction of sp³-hybridized carbons (Fsp3) is 0.0769. The number of hydrogen-bond acceptors (Lipinski definition) is 2. The van der Waals surface area contributed by atoms with Crippen molar-refractivity contribution in [2.45, 2.75) is 0 Å². The molecular weight excluding hydrogens is 216 g/mol. The van der Waals surface area contributed by atoms with Crippen LogP contribution in [-0.4, -0.2) is 20.6 Å². The smallest absolute Gasteiger partial charge is 0.336 e. The van der Waals surface area contributed by atoms with Crippen LogP contribution in [0.25, 0.3) is 11.6 Å². The zero-order chi connectivity index (χ0) is 12.3. The summed E-state index contributed by atoms with van der Waals surface area (Å²) in [6.07, 6.45) is 4.88. The highest BCUT2D eigenvalue weighted by Crippen LogP contribution is 2.17. The molecule has 0 radical (unpaired) electrons. The van der Waals surface area contributed by atoms with Crippen molar-refractivity contribution in [2.75, 3.05) is 0 Å². The molecule has 4 heteroatoms. The van der Waals surface area contributed by atoms with E-state index in [1.54, 1.807) is 35.3 Å². The molecule has 2 rings (SSSR count). The summed E-state index contributed by atoms with van der Waals surface area (Å²) < 4.78 is 1.77. The number of aromatic nitrogens is 2. The Labute approximate surface area is 98.9 Å². The number of aliphatic carboxylic acids is 1. The molecule has 0 saturated heterocycles. The minimum atomic E-state index is -0.947. The fourth-order valence-electron chi connectivity index (χ4n) is 1.54. The summed E-state index contributed by atoms with van der Waals surface area (Å²) in [4.78, 5) is 15.2. The van der Waals surface area contributed by atoms with Gasteiger partial charge in [0.25, 0.3) is 0 Å². The molecule has 4 nitrogen and oxygen atoms in total. The number of carbonyl (C=O) groups is 1. The SMILES string of the molecule is Cn1cncc1C=C(C(=O)O)c1ccccc1. The summed E-state index contributed by atoms with van der Waals surface area (Å²) in [6, 6.07) is 9.03. The molecule has 86 valence electrons. The molecule has 0 atom stereocenters. The predicted molar refractivity (Wildman–Crippen MR) is 65.2 cm³/mol. The third-order valence-corrected chi connectivity index (χ3v) is 2.46. The Morgan fingerprint density at radius 1 is 1.35 bits per heavy atom. The third-order valence-electron chi connectivity index (χ3n) is 2.46. The quantitative estimate of drug-likeness (QED) is 0.818. The Hall–Kier alpha value is -2.36. The van der Waals surface area contributed by atoms with Gasteiger partial charge in [-0.15, -0.1) is 0 Å². The van der Waals surface area contributed by atoms with Crippen LogP contribution in [-0.2, 0) is 11.8 Å². The second-order valence-electron chi connectivity index (χ2n) is 3.66. The van der Waals surface area contributed by atoms with E-state index >= 15 is 0 Å². The molecule has 2 aromatic rings. The van der Waals surface area contributed by atoms with E-state index in [1.807, 2.05) is 25.2 Å². The van der Waals surface area contributed by atoms with Crippen molar-refractivity contribution in [3.05, 3.63) is 54.1 Å². The maximum absolute atomic E-state index is 11.2. The normalized spacial score (nSPS) is 11.5. The van der Waals surface area contributed by atoms with E-state index in [0.29, 0.717) is 5.56 Å². The summed E-state index contributed by atoms with van der Waals surface area (Å²) in [6.45, 7) is 0. The molecule has 0 bridgehead atoms. The first-order valence-electron chi connectivity index (χ1n) is 5.15. The summed E-state index contributed by atoms with van der Waals surface area (Å²) in [5.41, 5.74) is 1.70. The van der Waals surface area contributed by atoms with Gasteiger partial charge in [-0.3, -0.25) is 0 Å². The van der Waals surface area contributed by atoms with Gasteiger partial charge in [0.15, 0.2) is 0 Å². The zero-order valence-electron chi connectivity index (χ0n) is 9.37. The van der Waals surface area contributed by atoms with Crippen molar-refractivity contribution < 1.29 is 9.90 Å². The van der Waals surface area contributed by atoms with Gasteiger partial charge in [0.1, 0.15) is 0 Å². The van der Waals surface area contributed by atoms with E-state index in [0.717, 1.165) is 5.69 Å². The topological polar surface area (TPSA) is 55.1 Å². The lowest BCUT2D eigenvalue weighted by Crippen LogP contribution is -2.00. The molecule has 0 amide bonds. The number of nitrogens with zero attached hydrogens (tertiary/aromatic N) is 2. The van der Waals surface area contributed by atoms with Crippen LogP contribution in [0.4, 0.5) is 0 Å². The average Bonchev–Trinajstić information content (AvgIpc) is 2.72. The highest BCUT2D eigenvalue weighted by molar-refractivity contribution is 6.20. The highest BCUT2D eigenvalue weighted by Gasteiger charge is 2.10. The predicted octanol–water partition coefficient (Wildman–Crippen LogP) is 2.05. The van der Waals surface area contributed by atoms with Crippen molar-refractivity contribution in [3.8, 4) is 0 Å². The Morgan fingerprint density at radius 2 is 2.06 bits per heavy atom. The molecule has 1 N–H and O–H groups in total. The summed E-state index contributed by atoms with van der Waals surface area (Å²) in [5.74, 6) is -0.947. The van der Waals surface area contributed by atoms with Crippen LogP contribution in [0.3, 0.4) is 0 Å². The minimum absolute atomic E-state index is 0.259. The van der Waals surface area contributed by atoms with Crippen molar-refractivity contribution in [1.29, 1.82) is 0 Å². The Bertz CT molecular complexity index is 556. The van der Waals surface area contributed by atoms with E-state index in [1.165, 1.54) is 0 Å². The first-order valence-corrected chi connectivity index (χ1v) is 5.15. The maximum Gasteiger partial charge on any atom is 0.336 e. The van der Waals surface area contributed by atoms with Gasteiger partial charge in [0.2, 0.25) is 0 Å². The molecule has 0 spiro atoms. The second-order valence-corrected chi connectivity index (χ2v) is 3.66. The molecule has 0 aliphatic carbocycles. The molecule has 1 aromatic carbocycles. The number of rotatable bonds is 3. The van der Waals surface area contributed by atoms with Crippen molar-refractivity contribution in [3.63, 3.8) is 0 Å². The summed E-state index contributed by atoms with van der Waals surface area (Å²) in [5, 5.41) is 9.22. The van der Waals surface area contributed by atoms with E-state index in [9.17, 15) is 9.90 Å². The van der Waals surface area contributed by atoms with Crippen molar-refractivity contribution >= 4 is 17.6 Å². The van der Waals surface area contributed by atoms with Crippen LogP contribution in [0.15, 0.2) is 42.9 Å². The van der Waals surface area contributed by atoms with Gasteiger partial charge in [-0.1, -0.05) is 30.3 Å². The molecule has 0 saturated carbocycles. The van der Waals surface area contributed by atoms with Crippen molar-refractivity contribution in [1.82, 2.24) is 9.55 Å². The molecular formula is C13H12N2O2. The number of hydrogen-bond donors (Lipinski definition) is 1. The van der Waals surface area contributed by atoms with Gasteiger partial charge in [0.05, 0.1) is 23.8 Å². The average molecular weight is 228 g/mol. The second kappa shape index (κ2) is 4.65. The fourth-order valence-corrected chi connectivity index (χ4v) is 1.54. The number of carboxylic acid groups (broad SMARTS) is 1. The lowest BCUT2D eigenvalue weighted by atomic mass is 10.1. The van der Waals surface area contributed by atoms with Crippen molar-refractivity contribution in [2.24, 2.45) is 7.05 Å². The van der Waals surface area contributed by atoms with Gasteiger partial charge < -0.3 is 9.67 Å². The number of carboxylic acids is 1. The van der Waals surface area contributed by atoms with E-state index in [2.05, 4.69) is 4.98 Å². The molecule has 0 aliphatic rings. The minimum Gasteiger partial charge on any atom is -0.478 e.